The summed E-state index contributed by atoms with van der Waals surface area (Å²) in [5, 5.41) is 67.6. The first-order valence-corrected chi connectivity index (χ1v) is 6.34. The van der Waals surface area contributed by atoms with Gasteiger partial charge in [-0.1, -0.05) is 0 Å². The Morgan fingerprint density at radius 2 is 0.643 bits per heavy atom. The van der Waals surface area contributed by atoms with E-state index in [0.29, 0.717) is 0 Å². The van der Waals surface area contributed by atoms with Gasteiger partial charge in [0.05, 0.1) is 25.7 Å². The SMILES string of the molecule is O=C(O)CC(O)(CC(=O)O)C(=O)O.O=C(O)CC(O)(CC(=O)O)C(=O)O.[Cl-].[Na+]. The fourth-order valence-electron chi connectivity index (χ4n) is 1.43. The van der Waals surface area contributed by atoms with Gasteiger partial charge in [0, 0.05) is 0 Å². The molecule has 0 aliphatic carbocycles. The van der Waals surface area contributed by atoms with Gasteiger partial charge in [0.15, 0.2) is 11.2 Å². The van der Waals surface area contributed by atoms with E-state index in [1.54, 1.807) is 0 Å². The van der Waals surface area contributed by atoms with Gasteiger partial charge in [-0.05, 0) is 0 Å². The minimum Gasteiger partial charge on any atom is -1.00 e. The molecule has 0 rings (SSSR count). The monoisotopic (exact) mass is 442 g/mol. The summed E-state index contributed by atoms with van der Waals surface area (Å²) in [6.07, 6.45) is -4.58. The summed E-state index contributed by atoms with van der Waals surface area (Å²) in [5.74, 6) is -10.0. The van der Waals surface area contributed by atoms with Crippen molar-refractivity contribution in [3.8, 4) is 0 Å². The molecule has 0 saturated heterocycles. The Hall–Kier alpha value is -1.97. The first-order chi connectivity index (χ1) is 11.6. The summed E-state index contributed by atoms with van der Waals surface area (Å²) < 4.78 is 0. The molecule has 16 heteroatoms. The first kappa shape index (κ1) is 33.6. The third-order valence-electron chi connectivity index (χ3n) is 2.57. The van der Waals surface area contributed by atoms with Gasteiger partial charge in [-0.15, -0.1) is 0 Å². The Kier molecular flexibility index (Phi) is 16.9. The zero-order valence-corrected chi connectivity index (χ0v) is 17.0. The molecule has 8 N–H and O–H groups in total. The largest absolute Gasteiger partial charge is 1.00 e. The minimum absolute atomic E-state index is 0. The van der Waals surface area contributed by atoms with Crippen LogP contribution in [0.1, 0.15) is 25.7 Å². The number of aliphatic carboxylic acids is 6. The maximum Gasteiger partial charge on any atom is 1.00 e. The molecule has 14 nitrogen and oxygen atoms in total. The number of carboxylic acids is 6. The van der Waals surface area contributed by atoms with Gasteiger partial charge >= 0.3 is 65.4 Å². The van der Waals surface area contributed by atoms with Crippen LogP contribution < -0.4 is 42.0 Å². The normalized spacial score (nSPS) is 10.1. The van der Waals surface area contributed by atoms with Crippen LogP contribution >= 0.6 is 0 Å². The number of rotatable bonds is 10. The molecule has 28 heavy (non-hydrogen) atoms. The molecule has 0 aliphatic rings. The molecule has 156 valence electrons. The second kappa shape index (κ2) is 14.1. The van der Waals surface area contributed by atoms with Gasteiger partial charge < -0.3 is 53.3 Å². The van der Waals surface area contributed by atoms with E-state index in [4.69, 9.17) is 40.9 Å². The molecule has 0 aliphatic heterocycles. The average molecular weight is 443 g/mol. The zero-order chi connectivity index (χ0) is 21.3. The summed E-state index contributed by atoms with van der Waals surface area (Å²) in [6.45, 7) is 0. The Morgan fingerprint density at radius 3 is 0.714 bits per heavy atom. The van der Waals surface area contributed by atoms with Gasteiger partial charge in [0.25, 0.3) is 0 Å². The smallest absolute Gasteiger partial charge is 1.00 e. The van der Waals surface area contributed by atoms with Crippen LogP contribution in [-0.2, 0) is 28.8 Å². The number of carboxylic acid groups (broad SMARTS) is 6. The molecule has 0 saturated carbocycles. The molecule has 0 amide bonds. The van der Waals surface area contributed by atoms with Crippen LogP contribution in [0.15, 0.2) is 0 Å². The van der Waals surface area contributed by atoms with Crippen molar-refractivity contribution in [2.75, 3.05) is 0 Å². The molecular weight excluding hydrogens is 427 g/mol. The van der Waals surface area contributed by atoms with Crippen molar-refractivity contribution in [2.45, 2.75) is 36.9 Å². The van der Waals surface area contributed by atoms with Crippen LogP contribution in [0.25, 0.3) is 0 Å². The van der Waals surface area contributed by atoms with Crippen LogP contribution in [0.4, 0.5) is 0 Å². The summed E-state index contributed by atoms with van der Waals surface area (Å²) in [7, 11) is 0. The predicted octanol–water partition coefficient (Wildman–Crippen LogP) is -8.49. The quantitative estimate of drug-likeness (QED) is 0.146. The molecule has 0 aromatic rings. The van der Waals surface area contributed by atoms with Crippen LogP contribution in [0, 0.1) is 0 Å². The molecular formula is C12H16ClNaO14. The number of halogens is 1. The van der Waals surface area contributed by atoms with Gasteiger partial charge in [-0.25, -0.2) is 9.59 Å². The van der Waals surface area contributed by atoms with Crippen LogP contribution in [0.5, 0.6) is 0 Å². The maximum absolute atomic E-state index is 10.3. The number of hydrogen-bond acceptors (Lipinski definition) is 8. The van der Waals surface area contributed by atoms with Crippen LogP contribution in [-0.4, -0.2) is 87.9 Å². The predicted molar refractivity (Wildman–Crippen MR) is 74.2 cm³/mol. The zero-order valence-electron chi connectivity index (χ0n) is 14.2. The van der Waals surface area contributed by atoms with E-state index >= 15 is 0 Å². The minimum atomic E-state index is -2.74. The van der Waals surface area contributed by atoms with Crippen molar-refractivity contribution >= 4 is 35.8 Å². The van der Waals surface area contributed by atoms with Crippen molar-refractivity contribution < 1.29 is 112 Å². The molecule has 0 bridgehead atoms. The number of carbonyl (C=O) groups is 6. The third-order valence-corrected chi connectivity index (χ3v) is 2.57. The van der Waals surface area contributed by atoms with E-state index in [-0.39, 0.29) is 42.0 Å². The van der Waals surface area contributed by atoms with E-state index in [1.165, 1.54) is 0 Å². The van der Waals surface area contributed by atoms with Crippen molar-refractivity contribution in [2.24, 2.45) is 0 Å². The van der Waals surface area contributed by atoms with Crippen LogP contribution in [0.2, 0.25) is 0 Å². The molecule has 0 aromatic carbocycles. The molecule has 0 spiro atoms. The summed E-state index contributed by atoms with van der Waals surface area (Å²) in [4.78, 5) is 61.0. The van der Waals surface area contributed by atoms with Gasteiger partial charge in [-0.3, -0.25) is 19.2 Å². The molecule has 0 radical (unpaired) electrons. The summed E-state index contributed by atoms with van der Waals surface area (Å²) >= 11 is 0. The summed E-state index contributed by atoms with van der Waals surface area (Å²) in [6, 6.07) is 0. The average Bonchev–Trinajstić information content (AvgIpc) is 2.34. The van der Waals surface area contributed by atoms with E-state index in [9.17, 15) is 28.8 Å². The Labute approximate surface area is 184 Å². The van der Waals surface area contributed by atoms with E-state index in [0.717, 1.165) is 0 Å². The van der Waals surface area contributed by atoms with Gasteiger partial charge in [-0.2, -0.15) is 0 Å². The van der Waals surface area contributed by atoms with Crippen molar-refractivity contribution in [1.82, 2.24) is 0 Å². The van der Waals surface area contributed by atoms with Crippen molar-refractivity contribution in [3.05, 3.63) is 0 Å². The first-order valence-electron chi connectivity index (χ1n) is 6.34. The molecule has 0 heterocycles. The second-order valence-corrected chi connectivity index (χ2v) is 4.96. The van der Waals surface area contributed by atoms with Gasteiger partial charge in [0.1, 0.15) is 0 Å². The topological polar surface area (TPSA) is 264 Å². The third kappa shape index (κ3) is 14.1. The molecule has 0 unspecified atom stereocenters. The molecule has 0 fully saturated rings. The van der Waals surface area contributed by atoms with E-state index in [1.807, 2.05) is 0 Å². The Bertz CT molecular complexity index is 519. The fraction of sp³-hybridized carbons (Fsp3) is 0.500. The van der Waals surface area contributed by atoms with E-state index in [2.05, 4.69) is 0 Å². The Morgan fingerprint density at radius 1 is 0.500 bits per heavy atom. The van der Waals surface area contributed by atoms with Crippen molar-refractivity contribution in [3.63, 3.8) is 0 Å². The summed E-state index contributed by atoms with van der Waals surface area (Å²) in [5.41, 5.74) is -5.48. The van der Waals surface area contributed by atoms with Crippen LogP contribution in [0.3, 0.4) is 0 Å². The van der Waals surface area contributed by atoms with Gasteiger partial charge in [0.2, 0.25) is 0 Å². The second-order valence-electron chi connectivity index (χ2n) is 4.96. The molecule has 0 atom stereocenters. The number of aliphatic hydroxyl groups is 2. The maximum atomic E-state index is 10.3. The fourth-order valence-corrected chi connectivity index (χ4v) is 1.43. The standard InChI is InChI=1S/2C6H8O7.ClH.Na/c2*7-3(8)1-6(13,5(11)12)2-4(9)10;;/h2*13H,1-2H2,(H,7,8)(H,9,10)(H,11,12);1H;/q;;;+1/p-1. The number of hydrogen-bond donors (Lipinski definition) is 8. The molecule has 0 aromatic heterocycles. The van der Waals surface area contributed by atoms with E-state index < -0.39 is 72.7 Å². The van der Waals surface area contributed by atoms with Crippen molar-refractivity contribution in [1.29, 1.82) is 0 Å². The Balaban J connectivity index is -0.000000192.